The number of halogens is 1. The number of amides is 1. The largest absolute Gasteiger partial charge is 0.480 e. The van der Waals surface area contributed by atoms with Crippen molar-refractivity contribution >= 4 is 11.9 Å². The molecule has 2 aromatic heterocycles. The summed E-state index contributed by atoms with van der Waals surface area (Å²) < 4.78 is 17.8. The lowest BCUT2D eigenvalue weighted by Gasteiger charge is -2.08. The van der Waals surface area contributed by atoms with Crippen molar-refractivity contribution in [3.63, 3.8) is 0 Å². The molecule has 0 aliphatic carbocycles. The number of rotatable bonds is 5. The molecule has 106 valence electrons. The second-order valence-corrected chi connectivity index (χ2v) is 4.10. The van der Waals surface area contributed by atoms with Gasteiger partial charge in [-0.2, -0.15) is 5.10 Å². The third-order valence-electron chi connectivity index (χ3n) is 2.57. The monoisotopic (exact) mass is 281 g/mol. The minimum atomic E-state index is -1.59. The quantitative estimate of drug-likeness (QED) is 0.761. The standard InChI is InChI=1S/C12H12FN3O4/c1-6-2-3-10(20-6)7-4-8(16-15-7)11(17)14-9(5-13)12(18)19/h2-4,9H,5H2,1H3,(H,14,17)(H,15,16)(H,18,19). The summed E-state index contributed by atoms with van der Waals surface area (Å²) in [6.07, 6.45) is 0. The Balaban J connectivity index is 2.12. The van der Waals surface area contributed by atoms with E-state index in [0.29, 0.717) is 17.2 Å². The number of aliphatic carboxylic acids is 1. The average Bonchev–Trinajstić information content (AvgIpc) is 3.03. The normalized spacial score (nSPS) is 12.1. The third kappa shape index (κ3) is 2.85. The van der Waals surface area contributed by atoms with Gasteiger partial charge in [-0.25, -0.2) is 9.18 Å². The number of furan rings is 1. The number of H-pyrrole nitrogens is 1. The zero-order valence-electron chi connectivity index (χ0n) is 10.5. The van der Waals surface area contributed by atoms with E-state index in [1.807, 2.05) is 5.32 Å². The number of aryl methyl sites for hydroxylation is 1. The summed E-state index contributed by atoms with van der Waals surface area (Å²) in [6.45, 7) is 0.571. The molecule has 0 bridgehead atoms. The maximum atomic E-state index is 12.4. The Morgan fingerprint density at radius 1 is 1.55 bits per heavy atom. The number of carbonyl (C=O) groups excluding carboxylic acids is 1. The van der Waals surface area contributed by atoms with Gasteiger partial charge in [-0.1, -0.05) is 0 Å². The second-order valence-electron chi connectivity index (χ2n) is 4.10. The summed E-state index contributed by atoms with van der Waals surface area (Å²) in [5.74, 6) is -1.03. The van der Waals surface area contributed by atoms with Gasteiger partial charge < -0.3 is 14.8 Å². The first-order valence-corrected chi connectivity index (χ1v) is 5.73. The second kappa shape index (κ2) is 5.55. The van der Waals surface area contributed by atoms with Crippen LogP contribution in [0.4, 0.5) is 4.39 Å². The molecule has 1 atom stereocenters. The van der Waals surface area contributed by atoms with Gasteiger partial charge >= 0.3 is 5.97 Å². The van der Waals surface area contributed by atoms with Gasteiger partial charge in [0.1, 0.15) is 18.1 Å². The lowest BCUT2D eigenvalue weighted by Crippen LogP contribution is -2.42. The Labute approximate surface area is 112 Å². The Morgan fingerprint density at radius 3 is 2.85 bits per heavy atom. The molecule has 1 amide bonds. The highest BCUT2D eigenvalue weighted by molar-refractivity contribution is 5.95. The number of carboxylic acid groups (broad SMARTS) is 1. The van der Waals surface area contributed by atoms with E-state index in [1.165, 1.54) is 6.07 Å². The summed E-state index contributed by atoms with van der Waals surface area (Å²) in [7, 11) is 0. The highest BCUT2D eigenvalue weighted by Crippen LogP contribution is 2.20. The highest BCUT2D eigenvalue weighted by atomic mass is 19.1. The number of hydrogen-bond acceptors (Lipinski definition) is 4. The van der Waals surface area contributed by atoms with E-state index < -0.39 is 24.6 Å². The van der Waals surface area contributed by atoms with Gasteiger partial charge in [0.25, 0.3) is 5.91 Å². The predicted octanol–water partition coefficient (Wildman–Crippen LogP) is 1.13. The van der Waals surface area contributed by atoms with Gasteiger partial charge in [-0.15, -0.1) is 0 Å². The maximum Gasteiger partial charge on any atom is 0.328 e. The zero-order valence-corrected chi connectivity index (χ0v) is 10.5. The number of hydrogen-bond donors (Lipinski definition) is 3. The average molecular weight is 281 g/mol. The van der Waals surface area contributed by atoms with E-state index in [9.17, 15) is 14.0 Å². The molecule has 0 spiro atoms. The van der Waals surface area contributed by atoms with E-state index in [4.69, 9.17) is 9.52 Å². The first-order valence-electron chi connectivity index (χ1n) is 5.73. The molecular weight excluding hydrogens is 269 g/mol. The molecule has 0 aromatic carbocycles. The number of aromatic nitrogens is 2. The number of nitrogens with zero attached hydrogens (tertiary/aromatic N) is 1. The summed E-state index contributed by atoms with van der Waals surface area (Å²) in [6, 6.07) is 3.25. The van der Waals surface area contributed by atoms with E-state index >= 15 is 0 Å². The molecule has 2 aromatic rings. The lowest BCUT2D eigenvalue weighted by molar-refractivity contribution is -0.139. The molecule has 0 aliphatic heterocycles. The van der Waals surface area contributed by atoms with Crippen molar-refractivity contribution in [1.82, 2.24) is 15.5 Å². The van der Waals surface area contributed by atoms with Gasteiger partial charge in [0.15, 0.2) is 17.5 Å². The van der Waals surface area contributed by atoms with Crippen molar-refractivity contribution in [2.75, 3.05) is 6.67 Å². The molecule has 2 heterocycles. The van der Waals surface area contributed by atoms with Crippen LogP contribution in [0.3, 0.4) is 0 Å². The van der Waals surface area contributed by atoms with Crippen LogP contribution in [0.1, 0.15) is 16.2 Å². The van der Waals surface area contributed by atoms with Crippen LogP contribution >= 0.6 is 0 Å². The lowest BCUT2D eigenvalue weighted by atomic mass is 10.2. The SMILES string of the molecule is Cc1ccc(-c2cc(C(=O)NC(CF)C(=O)O)n[nH]2)o1. The van der Waals surface area contributed by atoms with Crippen molar-refractivity contribution in [1.29, 1.82) is 0 Å². The molecular formula is C12H12FN3O4. The summed E-state index contributed by atoms with van der Waals surface area (Å²) in [5, 5.41) is 17.0. The van der Waals surface area contributed by atoms with Crippen LogP contribution in [0.15, 0.2) is 22.6 Å². The Hall–Kier alpha value is -2.64. The molecule has 3 N–H and O–H groups in total. The number of alkyl halides is 1. The molecule has 20 heavy (non-hydrogen) atoms. The van der Waals surface area contributed by atoms with Gasteiger partial charge in [-0.3, -0.25) is 9.89 Å². The number of carbonyl (C=O) groups is 2. The van der Waals surface area contributed by atoms with Gasteiger partial charge in [0.2, 0.25) is 0 Å². The van der Waals surface area contributed by atoms with E-state index in [0.717, 1.165) is 0 Å². The first-order chi connectivity index (χ1) is 9.51. The van der Waals surface area contributed by atoms with E-state index in [1.54, 1.807) is 19.1 Å². The Kier molecular flexibility index (Phi) is 3.83. The van der Waals surface area contributed by atoms with Crippen LogP contribution in [0.5, 0.6) is 0 Å². The van der Waals surface area contributed by atoms with Gasteiger partial charge in [0.05, 0.1) is 0 Å². The summed E-state index contributed by atoms with van der Waals surface area (Å²) in [4.78, 5) is 22.3. The Morgan fingerprint density at radius 2 is 2.30 bits per heavy atom. The molecule has 0 fully saturated rings. The van der Waals surface area contributed by atoms with Crippen LogP contribution in [0.25, 0.3) is 11.5 Å². The summed E-state index contributed by atoms with van der Waals surface area (Å²) >= 11 is 0. The van der Waals surface area contributed by atoms with Crippen molar-refractivity contribution in [3.05, 3.63) is 29.7 Å². The van der Waals surface area contributed by atoms with Crippen LogP contribution < -0.4 is 5.32 Å². The van der Waals surface area contributed by atoms with Crippen molar-refractivity contribution < 1.29 is 23.5 Å². The fourth-order valence-corrected chi connectivity index (χ4v) is 1.54. The van der Waals surface area contributed by atoms with Gasteiger partial charge in [-0.05, 0) is 19.1 Å². The van der Waals surface area contributed by atoms with Crippen molar-refractivity contribution in [2.45, 2.75) is 13.0 Å². The van der Waals surface area contributed by atoms with E-state index in [2.05, 4.69) is 10.2 Å². The summed E-state index contributed by atoms with van der Waals surface area (Å²) in [5.41, 5.74) is 0.420. The van der Waals surface area contributed by atoms with Crippen molar-refractivity contribution in [2.24, 2.45) is 0 Å². The first kappa shape index (κ1) is 13.8. The smallest absolute Gasteiger partial charge is 0.328 e. The van der Waals surface area contributed by atoms with Crippen LogP contribution in [-0.4, -0.2) is 39.9 Å². The highest BCUT2D eigenvalue weighted by Gasteiger charge is 2.22. The fraction of sp³-hybridized carbons (Fsp3) is 0.250. The molecule has 0 radical (unpaired) electrons. The predicted molar refractivity (Wildman–Crippen MR) is 65.9 cm³/mol. The molecule has 0 saturated carbocycles. The van der Waals surface area contributed by atoms with E-state index in [-0.39, 0.29) is 5.69 Å². The van der Waals surface area contributed by atoms with Crippen LogP contribution in [0.2, 0.25) is 0 Å². The van der Waals surface area contributed by atoms with Gasteiger partial charge in [0, 0.05) is 6.07 Å². The maximum absolute atomic E-state index is 12.4. The molecule has 2 rings (SSSR count). The topological polar surface area (TPSA) is 108 Å². The number of aromatic amines is 1. The molecule has 1 unspecified atom stereocenters. The molecule has 8 heteroatoms. The van der Waals surface area contributed by atoms with Crippen LogP contribution in [0, 0.1) is 6.92 Å². The minimum absolute atomic E-state index is 0.0475. The number of carboxylic acids is 1. The fourth-order valence-electron chi connectivity index (χ4n) is 1.54. The molecule has 0 aliphatic rings. The Bertz CT molecular complexity index is 634. The molecule has 7 nitrogen and oxygen atoms in total. The molecule has 0 saturated heterocycles. The van der Waals surface area contributed by atoms with Crippen LogP contribution in [-0.2, 0) is 4.79 Å². The third-order valence-corrected chi connectivity index (χ3v) is 2.57. The minimum Gasteiger partial charge on any atom is -0.480 e. The zero-order chi connectivity index (χ0) is 14.7. The number of nitrogens with one attached hydrogen (secondary N) is 2. The van der Waals surface area contributed by atoms with Crippen molar-refractivity contribution in [3.8, 4) is 11.5 Å².